The number of rotatable bonds is 6. The molecule has 0 aromatic carbocycles. The second kappa shape index (κ2) is 7.57. The highest BCUT2D eigenvalue weighted by Crippen LogP contribution is 2.04. The number of amides is 2. The maximum absolute atomic E-state index is 11.8. The van der Waals surface area contributed by atoms with Gasteiger partial charge in [0, 0.05) is 19.5 Å². The number of morpholine rings is 1. The van der Waals surface area contributed by atoms with Crippen LogP contribution < -0.4 is 5.32 Å². The third kappa shape index (κ3) is 5.56. The molecule has 0 saturated carbocycles. The number of nitrogens with zero attached hydrogens (tertiary/aromatic N) is 1. The van der Waals surface area contributed by atoms with Crippen LogP contribution in [0.5, 0.6) is 0 Å². The molecule has 1 heterocycles. The minimum Gasteiger partial charge on any atom is -0.481 e. The summed E-state index contributed by atoms with van der Waals surface area (Å²) in [5, 5.41) is 19.9. The predicted molar refractivity (Wildman–Crippen MR) is 63.8 cm³/mol. The lowest BCUT2D eigenvalue weighted by atomic mass is 10.1. The minimum atomic E-state index is -1.16. The van der Waals surface area contributed by atoms with Crippen LogP contribution in [0.3, 0.4) is 0 Å². The topological polar surface area (TPSA) is 116 Å². The Morgan fingerprint density at radius 2 is 1.84 bits per heavy atom. The fraction of sp³-hybridized carbons (Fsp3) is 0.727. The third-order valence-electron chi connectivity index (χ3n) is 2.78. The Kier molecular flexibility index (Phi) is 6.07. The maximum Gasteiger partial charge on any atom is 0.326 e. The molecule has 1 rings (SSSR count). The number of carbonyl (C=O) groups is 3. The molecule has 0 bridgehead atoms. The van der Waals surface area contributed by atoms with Crippen molar-refractivity contribution in [3.05, 3.63) is 0 Å². The van der Waals surface area contributed by atoms with Gasteiger partial charge < -0.3 is 25.2 Å². The van der Waals surface area contributed by atoms with Crippen molar-refractivity contribution in [2.45, 2.75) is 25.3 Å². The maximum atomic E-state index is 11.8. The number of carboxylic acid groups (broad SMARTS) is 2. The van der Waals surface area contributed by atoms with Gasteiger partial charge in [0.05, 0.1) is 13.2 Å². The monoisotopic (exact) mass is 274 g/mol. The fourth-order valence-corrected chi connectivity index (χ4v) is 1.72. The van der Waals surface area contributed by atoms with Crippen molar-refractivity contribution in [1.29, 1.82) is 0 Å². The molecule has 1 aliphatic heterocycles. The van der Waals surface area contributed by atoms with Crippen LogP contribution in [0.25, 0.3) is 0 Å². The Bertz CT molecular complexity index is 340. The third-order valence-corrected chi connectivity index (χ3v) is 2.78. The number of aliphatic carboxylic acids is 2. The number of ether oxygens (including phenoxy) is 1. The van der Waals surface area contributed by atoms with Gasteiger partial charge in [-0.3, -0.25) is 4.79 Å². The summed E-state index contributed by atoms with van der Waals surface area (Å²) < 4.78 is 5.09. The summed E-state index contributed by atoms with van der Waals surface area (Å²) in [6.07, 6.45) is 0.185. The standard InChI is InChI=1S/C11H18N2O6/c14-9(15)3-1-2-8(10(16)17)12-11(18)13-4-6-19-7-5-13/h8H,1-7H2,(H,12,18)(H,14,15)(H,16,17)/t8-/m1/s1. The van der Waals surface area contributed by atoms with Gasteiger partial charge in [0.25, 0.3) is 0 Å². The zero-order chi connectivity index (χ0) is 14.3. The number of hydrogen-bond acceptors (Lipinski definition) is 4. The van der Waals surface area contributed by atoms with E-state index >= 15 is 0 Å². The Hall–Kier alpha value is -1.83. The van der Waals surface area contributed by atoms with Gasteiger partial charge in [-0.05, 0) is 12.8 Å². The first kappa shape index (κ1) is 15.2. The van der Waals surface area contributed by atoms with Gasteiger partial charge >= 0.3 is 18.0 Å². The molecule has 8 heteroatoms. The van der Waals surface area contributed by atoms with Crippen molar-refractivity contribution in [2.75, 3.05) is 26.3 Å². The molecule has 108 valence electrons. The van der Waals surface area contributed by atoms with Gasteiger partial charge in [-0.1, -0.05) is 0 Å². The molecule has 1 aliphatic rings. The number of urea groups is 1. The van der Waals surface area contributed by atoms with E-state index in [1.165, 1.54) is 4.90 Å². The van der Waals surface area contributed by atoms with E-state index < -0.39 is 24.0 Å². The lowest BCUT2D eigenvalue weighted by Crippen LogP contribution is -2.51. The lowest BCUT2D eigenvalue weighted by Gasteiger charge is -2.28. The quantitative estimate of drug-likeness (QED) is 0.614. The van der Waals surface area contributed by atoms with Gasteiger partial charge in [0.2, 0.25) is 0 Å². The van der Waals surface area contributed by atoms with E-state index in [9.17, 15) is 14.4 Å². The molecule has 1 fully saturated rings. The summed E-state index contributed by atoms with van der Waals surface area (Å²) in [7, 11) is 0. The molecule has 3 N–H and O–H groups in total. The van der Waals surface area contributed by atoms with Crippen molar-refractivity contribution < 1.29 is 29.3 Å². The van der Waals surface area contributed by atoms with E-state index in [2.05, 4.69) is 5.32 Å². The Balaban J connectivity index is 2.41. The second-order valence-electron chi connectivity index (χ2n) is 4.23. The average molecular weight is 274 g/mol. The SMILES string of the molecule is O=C(O)CCC[C@@H](NC(=O)N1CCOCC1)C(=O)O. The van der Waals surface area contributed by atoms with Crippen LogP contribution in [0, 0.1) is 0 Å². The van der Waals surface area contributed by atoms with Crippen molar-refractivity contribution in [3.8, 4) is 0 Å². The first-order valence-corrected chi connectivity index (χ1v) is 6.08. The van der Waals surface area contributed by atoms with Gasteiger partial charge in [-0.2, -0.15) is 0 Å². The van der Waals surface area contributed by atoms with E-state index in [0.717, 1.165) is 0 Å². The highest BCUT2D eigenvalue weighted by atomic mass is 16.5. The normalized spacial score (nSPS) is 16.7. The van der Waals surface area contributed by atoms with Gasteiger partial charge in [0.15, 0.2) is 0 Å². The van der Waals surface area contributed by atoms with E-state index in [0.29, 0.717) is 26.3 Å². The van der Waals surface area contributed by atoms with E-state index in [4.69, 9.17) is 14.9 Å². The first-order chi connectivity index (χ1) is 9.00. The minimum absolute atomic E-state index is 0.0950. The number of carboxylic acids is 2. The highest BCUT2D eigenvalue weighted by Gasteiger charge is 2.24. The molecular weight excluding hydrogens is 256 g/mol. The van der Waals surface area contributed by atoms with Gasteiger partial charge in [-0.15, -0.1) is 0 Å². The molecule has 8 nitrogen and oxygen atoms in total. The molecule has 2 amide bonds. The Labute approximate surface area is 110 Å². The van der Waals surface area contributed by atoms with Crippen LogP contribution in [-0.4, -0.2) is 65.4 Å². The summed E-state index contributed by atoms with van der Waals surface area (Å²) >= 11 is 0. The van der Waals surface area contributed by atoms with Crippen molar-refractivity contribution in [3.63, 3.8) is 0 Å². The predicted octanol–water partition coefficient (Wildman–Crippen LogP) is -0.264. The van der Waals surface area contributed by atoms with Crippen molar-refractivity contribution in [1.82, 2.24) is 10.2 Å². The molecule has 0 spiro atoms. The molecule has 1 saturated heterocycles. The highest BCUT2D eigenvalue weighted by molar-refractivity contribution is 5.82. The summed E-state index contributed by atoms with van der Waals surface area (Å²) in [6, 6.07) is -1.51. The summed E-state index contributed by atoms with van der Waals surface area (Å²) in [4.78, 5) is 34.6. The second-order valence-corrected chi connectivity index (χ2v) is 4.23. The zero-order valence-corrected chi connectivity index (χ0v) is 10.5. The number of hydrogen-bond donors (Lipinski definition) is 3. The zero-order valence-electron chi connectivity index (χ0n) is 10.5. The molecule has 0 aromatic heterocycles. The number of nitrogens with one attached hydrogen (secondary N) is 1. The van der Waals surface area contributed by atoms with Gasteiger partial charge in [0.1, 0.15) is 6.04 Å². The summed E-state index contributed by atoms with van der Waals surface area (Å²) in [6.45, 7) is 1.72. The van der Waals surface area contributed by atoms with Crippen LogP contribution in [0.15, 0.2) is 0 Å². The molecule has 0 aromatic rings. The van der Waals surface area contributed by atoms with E-state index in [-0.39, 0.29) is 19.3 Å². The first-order valence-electron chi connectivity index (χ1n) is 6.08. The van der Waals surface area contributed by atoms with E-state index in [1.54, 1.807) is 0 Å². The Morgan fingerprint density at radius 3 is 2.37 bits per heavy atom. The fourth-order valence-electron chi connectivity index (χ4n) is 1.72. The Morgan fingerprint density at radius 1 is 1.21 bits per heavy atom. The van der Waals surface area contributed by atoms with Crippen LogP contribution in [-0.2, 0) is 14.3 Å². The largest absolute Gasteiger partial charge is 0.481 e. The van der Waals surface area contributed by atoms with Crippen LogP contribution >= 0.6 is 0 Å². The van der Waals surface area contributed by atoms with Crippen LogP contribution in [0.2, 0.25) is 0 Å². The van der Waals surface area contributed by atoms with Crippen LogP contribution in [0.1, 0.15) is 19.3 Å². The molecule has 0 unspecified atom stereocenters. The van der Waals surface area contributed by atoms with Crippen molar-refractivity contribution >= 4 is 18.0 Å². The average Bonchev–Trinajstić information content (AvgIpc) is 2.37. The summed E-state index contributed by atoms with van der Waals surface area (Å²) in [5.41, 5.74) is 0. The number of carbonyl (C=O) groups excluding carboxylic acids is 1. The van der Waals surface area contributed by atoms with Crippen LogP contribution in [0.4, 0.5) is 4.79 Å². The molecule has 0 aliphatic carbocycles. The van der Waals surface area contributed by atoms with Crippen molar-refractivity contribution in [2.24, 2.45) is 0 Å². The van der Waals surface area contributed by atoms with Gasteiger partial charge in [-0.25, -0.2) is 9.59 Å². The molecule has 1 atom stereocenters. The summed E-state index contributed by atoms with van der Waals surface area (Å²) in [5.74, 6) is -2.14. The lowest BCUT2D eigenvalue weighted by molar-refractivity contribution is -0.140. The molecular formula is C11H18N2O6. The van der Waals surface area contributed by atoms with E-state index in [1.807, 2.05) is 0 Å². The smallest absolute Gasteiger partial charge is 0.326 e. The molecule has 0 radical (unpaired) electrons. The molecule has 19 heavy (non-hydrogen) atoms.